The van der Waals surface area contributed by atoms with Gasteiger partial charge < -0.3 is 15.1 Å². The molecule has 0 spiro atoms. The van der Waals surface area contributed by atoms with Crippen LogP contribution in [0, 0.1) is 12.7 Å². The third kappa shape index (κ3) is 4.82. The summed E-state index contributed by atoms with van der Waals surface area (Å²) < 4.78 is 18.4. The van der Waals surface area contributed by atoms with E-state index in [0.717, 1.165) is 5.56 Å². The number of nitrogens with one attached hydrogen (secondary N) is 2. The van der Waals surface area contributed by atoms with Crippen molar-refractivity contribution in [3.63, 3.8) is 0 Å². The number of anilines is 1. The summed E-state index contributed by atoms with van der Waals surface area (Å²) in [6, 6.07) is 15.8. The molecule has 0 bridgehead atoms. The monoisotopic (exact) mass is 366 g/mol. The average molecular weight is 366 g/mol. The highest BCUT2D eigenvalue weighted by Gasteiger charge is 2.23. The molecule has 0 aliphatic heterocycles. The standard InChI is InChI=1S/C21H19FN2O3/c1-14-12-16(22)9-10-17(14)23-20(25)18(13-15-6-3-2-4-7-15)24-21(26)19-8-5-11-27-19/h2-12,18H,13H2,1H3,(H,23,25)(H,24,26). The maximum atomic E-state index is 13.3. The van der Waals surface area contributed by atoms with Crippen molar-refractivity contribution < 1.29 is 18.4 Å². The van der Waals surface area contributed by atoms with Crippen molar-refractivity contribution in [3.8, 4) is 0 Å². The Morgan fingerprint density at radius 2 is 1.85 bits per heavy atom. The number of aryl methyl sites for hydroxylation is 1. The van der Waals surface area contributed by atoms with Crippen molar-refractivity contribution in [2.45, 2.75) is 19.4 Å². The quantitative estimate of drug-likeness (QED) is 0.699. The van der Waals surface area contributed by atoms with Gasteiger partial charge in [-0.25, -0.2) is 4.39 Å². The Balaban J connectivity index is 1.79. The molecule has 0 radical (unpaired) electrons. The summed E-state index contributed by atoms with van der Waals surface area (Å²) in [5, 5.41) is 5.46. The molecule has 5 nitrogen and oxygen atoms in total. The van der Waals surface area contributed by atoms with Crippen molar-refractivity contribution in [2.24, 2.45) is 0 Å². The molecule has 3 rings (SSSR count). The number of hydrogen-bond donors (Lipinski definition) is 2. The molecule has 0 aliphatic rings. The molecule has 1 heterocycles. The van der Waals surface area contributed by atoms with Gasteiger partial charge in [-0.1, -0.05) is 30.3 Å². The minimum absolute atomic E-state index is 0.124. The summed E-state index contributed by atoms with van der Waals surface area (Å²) in [5.41, 5.74) is 1.99. The first-order chi connectivity index (χ1) is 13.0. The van der Waals surface area contributed by atoms with Crippen LogP contribution < -0.4 is 10.6 Å². The topological polar surface area (TPSA) is 71.3 Å². The average Bonchev–Trinajstić information content (AvgIpc) is 3.19. The Labute approximate surface area is 156 Å². The van der Waals surface area contributed by atoms with Crippen molar-refractivity contribution in [1.82, 2.24) is 5.32 Å². The van der Waals surface area contributed by atoms with E-state index in [4.69, 9.17) is 4.42 Å². The van der Waals surface area contributed by atoms with Gasteiger partial charge in [0, 0.05) is 12.1 Å². The molecule has 3 aromatic rings. The molecule has 2 aromatic carbocycles. The predicted molar refractivity (Wildman–Crippen MR) is 99.9 cm³/mol. The number of carbonyl (C=O) groups excluding carboxylic acids is 2. The molecule has 1 aromatic heterocycles. The van der Waals surface area contributed by atoms with E-state index in [0.29, 0.717) is 17.7 Å². The van der Waals surface area contributed by atoms with Crippen LogP contribution in [0.1, 0.15) is 21.7 Å². The summed E-state index contributed by atoms with van der Waals surface area (Å²) in [7, 11) is 0. The van der Waals surface area contributed by atoms with Crippen LogP contribution in [0.15, 0.2) is 71.3 Å². The van der Waals surface area contributed by atoms with Gasteiger partial charge in [-0.3, -0.25) is 9.59 Å². The maximum absolute atomic E-state index is 13.3. The van der Waals surface area contributed by atoms with Crippen LogP contribution in [-0.4, -0.2) is 17.9 Å². The molecule has 0 fully saturated rings. The van der Waals surface area contributed by atoms with Gasteiger partial charge in [0.15, 0.2) is 5.76 Å². The van der Waals surface area contributed by atoms with Gasteiger partial charge in [-0.2, -0.15) is 0 Å². The summed E-state index contributed by atoms with van der Waals surface area (Å²) >= 11 is 0. The number of carbonyl (C=O) groups is 2. The Morgan fingerprint density at radius 1 is 1.07 bits per heavy atom. The first kappa shape index (κ1) is 18.4. The van der Waals surface area contributed by atoms with Gasteiger partial charge in [-0.05, 0) is 48.4 Å². The summed E-state index contributed by atoms with van der Waals surface area (Å²) in [5.74, 6) is -1.13. The second kappa shape index (κ2) is 8.31. The lowest BCUT2D eigenvalue weighted by molar-refractivity contribution is -0.118. The van der Waals surface area contributed by atoms with Crippen LogP contribution >= 0.6 is 0 Å². The summed E-state index contributed by atoms with van der Waals surface area (Å²) in [6.07, 6.45) is 1.70. The highest BCUT2D eigenvalue weighted by atomic mass is 19.1. The van der Waals surface area contributed by atoms with Crippen LogP contribution in [-0.2, 0) is 11.2 Å². The maximum Gasteiger partial charge on any atom is 0.287 e. The fourth-order valence-corrected chi connectivity index (χ4v) is 2.68. The van der Waals surface area contributed by atoms with E-state index >= 15 is 0 Å². The largest absolute Gasteiger partial charge is 0.459 e. The molecule has 1 unspecified atom stereocenters. The zero-order valence-electron chi connectivity index (χ0n) is 14.7. The second-order valence-corrected chi connectivity index (χ2v) is 6.14. The Morgan fingerprint density at radius 3 is 2.52 bits per heavy atom. The molecule has 0 saturated carbocycles. The van der Waals surface area contributed by atoms with E-state index in [-0.39, 0.29) is 11.6 Å². The van der Waals surface area contributed by atoms with Gasteiger partial charge in [0.05, 0.1) is 6.26 Å². The van der Waals surface area contributed by atoms with E-state index in [9.17, 15) is 14.0 Å². The van der Waals surface area contributed by atoms with E-state index in [1.54, 1.807) is 13.0 Å². The second-order valence-electron chi connectivity index (χ2n) is 6.14. The number of hydrogen-bond acceptors (Lipinski definition) is 3. The molecule has 2 N–H and O–H groups in total. The normalized spacial score (nSPS) is 11.6. The molecule has 2 amide bonds. The lowest BCUT2D eigenvalue weighted by Gasteiger charge is -2.19. The van der Waals surface area contributed by atoms with Crippen LogP contribution in [0.2, 0.25) is 0 Å². The Bertz CT molecular complexity index is 924. The lowest BCUT2D eigenvalue weighted by Crippen LogP contribution is -2.45. The SMILES string of the molecule is Cc1cc(F)ccc1NC(=O)C(Cc1ccccc1)NC(=O)c1ccco1. The minimum Gasteiger partial charge on any atom is -0.459 e. The van der Waals surface area contributed by atoms with Gasteiger partial charge in [-0.15, -0.1) is 0 Å². The fraction of sp³-hybridized carbons (Fsp3) is 0.143. The zero-order valence-corrected chi connectivity index (χ0v) is 14.7. The van der Waals surface area contributed by atoms with Crippen molar-refractivity contribution in [3.05, 3.63) is 89.6 Å². The number of rotatable bonds is 6. The lowest BCUT2D eigenvalue weighted by atomic mass is 10.0. The molecular weight excluding hydrogens is 347 g/mol. The van der Waals surface area contributed by atoms with Crippen LogP contribution in [0.25, 0.3) is 0 Å². The van der Waals surface area contributed by atoms with Gasteiger partial charge in [0.1, 0.15) is 11.9 Å². The number of amides is 2. The van der Waals surface area contributed by atoms with Crippen molar-refractivity contribution >= 4 is 17.5 Å². The highest BCUT2D eigenvalue weighted by Crippen LogP contribution is 2.16. The van der Waals surface area contributed by atoms with Gasteiger partial charge in [0.2, 0.25) is 5.91 Å². The smallest absolute Gasteiger partial charge is 0.287 e. The highest BCUT2D eigenvalue weighted by molar-refractivity contribution is 6.00. The van der Waals surface area contributed by atoms with E-state index in [2.05, 4.69) is 10.6 Å². The van der Waals surface area contributed by atoms with Crippen LogP contribution in [0.5, 0.6) is 0 Å². The summed E-state index contributed by atoms with van der Waals surface area (Å²) in [6.45, 7) is 1.70. The van der Waals surface area contributed by atoms with E-state index in [1.807, 2.05) is 30.3 Å². The first-order valence-electron chi connectivity index (χ1n) is 8.48. The Kier molecular flexibility index (Phi) is 5.66. The molecule has 27 heavy (non-hydrogen) atoms. The van der Waals surface area contributed by atoms with Gasteiger partial charge >= 0.3 is 0 Å². The molecule has 6 heteroatoms. The number of furan rings is 1. The minimum atomic E-state index is -0.825. The fourth-order valence-electron chi connectivity index (χ4n) is 2.68. The third-order valence-electron chi connectivity index (χ3n) is 4.10. The van der Waals surface area contributed by atoms with Crippen molar-refractivity contribution in [2.75, 3.05) is 5.32 Å². The third-order valence-corrected chi connectivity index (χ3v) is 4.10. The van der Waals surface area contributed by atoms with Gasteiger partial charge in [0.25, 0.3) is 5.91 Å². The zero-order chi connectivity index (χ0) is 19.2. The Hall–Kier alpha value is -3.41. The first-order valence-corrected chi connectivity index (χ1v) is 8.48. The molecule has 0 aliphatic carbocycles. The van der Waals surface area contributed by atoms with Crippen LogP contribution in [0.4, 0.5) is 10.1 Å². The van der Waals surface area contributed by atoms with E-state index < -0.39 is 17.9 Å². The number of halogens is 1. The number of benzene rings is 2. The molecule has 1 atom stereocenters. The van der Waals surface area contributed by atoms with Crippen LogP contribution in [0.3, 0.4) is 0 Å². The predicted octanol–water partition coefficient (Wildman–Crippen LogP) is 3.71. The molecule has 0 saturated heterocycles. The molecular formula is C21H19FN2O3. The molecule has 138 valence electrons. The van der Waals surface area contributed by atoms with E-state index in [1.165, 1.54) is 30.5 Å². The summed E-state index contributed by atoms with van der Waals surface area (Å²) in [4.78, 5) is 25.1. The van der Waals surface area contributed by atoms with Crippen molar-refractivity contribution in [1.29, 1.82) is 0 Å².